The van der Waals surface area contributed by atoms with Gasteiger partial charge in [0, 0.05) is 19.6 Å². The second kappa shape index (κ2) is 4.86. The molecule has 0 atom stereocenters. The van der Waals surface area contributed by atoms with Crippen LogP contribution in [0.4, 0.5) is 9.18 Å². The average molecular weight is 276 g/mol. The zero-order chi connectivity index (χ0) is 14.2. The molecule has 20 heavy (non-hydrogen) atoms. The number of halogens is 1. The van der Waals surface area contributed by atoms with Crippen molar-refractivity contribution in [3.8, 4) is 0 Å². The Morgan fingerprint density at radius 3 is 2.40 bits per heavy atom. The number of benzene rings is 1. The predicted molar refractivity (Wildman–Crippen MR) is 69.3 cm³/mol. The van der Waals surface area contributed by atoms with Gasteiger partial charge in [0.2, 0.25) is 0 Å². The highest BCUT2D eigenvalue weighted by Crippen LogP contribution is 2.26. The Kier molecular flexibility index (Phi) is 3.17. The Labute approximate surface area is 116 Å². The SMILES string of the molecule is O=C1[N]C(=O)C2(CCN(Cc3ccc(F)cc3)CC2)N1. The van der Waals surface area contributed by atoms with E-state index in [-0.39, 0.29) is 11.7 Å². The van der Waals surface area contributed by atoms with Gasteiger partial charge in [0.15, 0.2) is 0 Å². The third-order valence-corrected chi connectivity index (χ3v) is 3.99. The number of rotatable bonds is 2. The number of likely N-dealkylation sites (tertiary alicyclic amines) is 1. The largest absolute Gasteiger partial charge is 0.345 e. The summed E-state index contributed by atoms with van der Waals surface area (Å²) in [6.07, 6.45) is 1.14. The lowest BCUT2D eigenvalue weighted by Gasteiger charge is -2.36. The molecule has 1 aromatic rings. The highest BCUT2D eigenvalue weighted by molar-refractivity contribution is 6.06. The van der Waals surface area contributed by atoms with E-state index in [1.165, 1.54) is 12.1 Å². The van der Waals surface area contributed by atoms with Crippen molar-refractivity contribution in [1.29, 1.82) is 0 Å². The molecule has 2 saturated heterocycles. The molecule has 2 aliphatic heterocycles. The third kappa shape index (κ3) is 2.38. The van der Waals surface area contributed by atoms with E-state index >= 15 is 0 Å². The lowest BCUT2D eigenvalue weighted by molar-refractivity contribution is -0.125. The van der Waals surface area contributed by atoms with Gasteiger partial charge in [-0.25, -0.2) is 9.18 Å². The van der Waals surface area contributed by atoms with Crippen LogP contribution in [0.25, 0.3) is 0 Å². The molecular formula is C14H15FN3O2. The molecule has 3 amide bonds. The van der Waals surface area contributed by atoms with Gasteiger partial charge >= 0.3 is 6.03 Å². The number of hydrogen-bond donors (Lipinski definition) is 1. The van der Waals surface area contributed by atoms with Gasteiger partial charge in [0.05, 0.1) is 0 Å². The molecule has 2 aliphatic rings. The number of carbonyl (C=O) groups is 2. The third-order valence-electron chi connectivity index (χ3n) is 3.99. The number of imide groups is 1. The minimum absolute atomic E-state index is 0.243. The van der Waals surface area contributed by atoms with Crippen LogP contribution in [0.1, 0.15) is 18.4 Å². The molecule has 105 valence electrons. The number of amides is 3. The summed E-state index contributed by atoms with van der Waals surface area (Å²) >= 11 is 0. The molecule has 1 N–H and O–H groups in total. The summed E-state index contributed by atoms with van der Waals surface area (Å²) in [5, 5.41) is 6.11. The number of carbonyl (C=O) groups excluding carboxylic acids is 2. The Morgan fingerprint density at radius 2 is 1.85 bits per heavy atom. The van der Waals surface area contributed by atoms with Crippen LogP contribution in [-0.2, 0) is 11.3 Å². The van der Waals surface area contributed by atoms with Crippen LogP contribution >= 0.6 is 0 Å². The summed E-state index contributed by atoms with van der Waals surface area (Å²) in [4.78, 5) is 25.1. The molecule has 1 radical (unpaired) electrons. The van der Waals surface area contributed by atoms with E-state index < -0.39 is 11.6 Å². The maximum absolute atomic E-state index is 12.8. The first-order chi connectivity index (χ1) is 9.57. The maximum Gasteiger partial charge on any atom is 0.345 e. The van der Waals surface area contributed by atoms with Crippen molar-refractivity contribution in [3.63, 3.8) is 0 Å². The van der Waals surface area contributed by atoms with E-state index in [0.29, 0.717) is 25.9 Å². The van der Waals surface area contributed by atoms with Crippen molar-refractivity contribution in [2.75, 3.05) is 13.1 Å². The fourth-order valence-corrected chi connectivity index (χ4v) is 2.77. The number of urea groups is 1. The summed E-state index contributed by atoms with van der Waals surface area (Å²) in [5.74, 6) is -0.587. The monoisotopic (exact) mass is 276 g/mol. The van der Waals surface area contributed by atoms with E-state index in [9.17, 15) is 14.0 Å². The summed E-state index contributed by atoms with van der Waals surface area (Å²) in [6.45, 7) is 2.13. The van der Waals surface area contributed by atoms with Gasteiger partial charge in [-0.1, -0.05) is 12.1 Å². The van der Waals surface area contributed by atoms with E-state index in [1.807, 2.05) is 0 Å². The number of hydrogen-bond acceptors (Lipinski definition) is 3. The van der Waals surface area contributed by atoms with Gasteiger partial charge in [-0.05, 0) is 30.5 Å². The minimum Gasteiger partial charge on any atom is -0.321 e. The highest BCUT2D eigenvalue weighted by atomic mass is 19.1. The van der Waals surface area contributed by atoms with Crippen molar-refractivity contribution in [3.05, 3.63) is 35.6 Å². The van der Waals surface area contributed by atoms with Crippen LogP contribution in [0.5, 0.6) is 0 Å². The molecule has 1 aromatic carbocycles. The summed E-state index contributed by atoms with van der Waals surface area (Å²) in [7, 11) is 0. The van der Waals surface area contributed by atoms with E-state index in [0.717, 1.165) is 12.1 Å². The predicted octanol–water partition coefficient (Wildman–Crippen LogP) is 1.01. The Balaban J connectivity index is 1.60. The Hall–Kier alpha value is -1.95. The molecule has 0 saturated carbocycles. The standard InChI is InChI=1S/C14H15FN3O2/c15-11-3-1-10(2-4-11)9-18-7-5-14(6-8-18)12(19)16-13(20)17-14/h1-4H,5-9H2,(H,17,20). The quantitative estimate of drug-likeness (QED) is 0.820. The second-order valence-electron chi connectivity index (χ2n) is 5.33. The molecular weight excluding hydrogens is 261 g/mol. The molecule has 5 nitrogen and oxygen atoms in total. The molecule has 0 bridgehead atoms. The van der Waals surface area contributed by atoms with Crippen molar-refractivity contribution in [1.82, 2.24) is 15.5 Å². The van der Waals surface area contributed by atoms with Gasteiger partial charge in [0.25, 0.3) is 5.91 Å². The molecule has 0 aliphatic carbocycles. The molecule has 3 rings (SSSR count). The van der Waals surface area contributed by atoms with Crippen LogP contribution < -0.4 is 10.6 Å². The second-order valence-corrected chi connectivity index (χ2v) is 5.33. The number of piperidine rings is 1. The van der Waals surface area contributed by atoms with E-state index in [2.05, 4.69) is 15.5 Å². The summed E-state index contributed by atoms with van der Waals surface area (Å²) in [5.41, 5.74) is 0.255. The number of nitrogens with one attached hydrogen (secondary N) is 1. The van der Waals surface area contributed by atoms with Gasteiger partial charge < -0.3 is 5.32 Å². The van der Waals surface area contributed by atoms with Gasteiger partial charge in [0.1, 0.15) is 11.4 Å². The Morgan fingerprint density at radius 1 is 1.20 bits per heavy atom. The Bertz CT molecular complexity index is 536. The molecule has 0 unspecified atom stereocenters. The van der Waals surface area contributed by atoms with Gasteiger partial charge in [-0.3, -0.25) is 9.69 Å². The van der Waals surface area contributed by atoms with Crippen LogP contribution in [-0.4, -0.2) is 35.5 Å². The van der Waals surface area contributed by atoms with Crippen LogP contribution in [0, 0.1) is 5.82 Å². The zero-order valence-electron chi connectivity index (χ0n) is 10.9. The maximum atomic E-state index is 12.8. The lowest BCUT2D eigenvalue weighted by atomic mass is 9.87. The average Bonchev–Trinajstić information content (AvgIpc) is 2.70. The van der Waals surface area contributed by atoms with Crippen molar-refractivity contribution in [2.24, 2.45) is 0 Å². The smallest absolute Gasteiger partial charge is 0.321 e. The molecule has 1 spiro atoms. The molecule has 2 heterocycles. The molecule has 6 heteroatoms. The van der Waals surface area contributed by atoms with Crippen LogP contribution in [0.2, 0.25) is 0 Å². The minimum atomic E-state index is -0.781. The zero-order valence-corrected chi connectivity index (χ0v) is 10.9. The highest BCUT2D eigenvalue weighted by Gasteiger charge is 2.49. The summed E-state index contributed by atoms with van der Waals surface area (Å²) < 4.78 is 12.8. The van der Waals surface area contributed by atoms with E-state index in [4.69, 9.17) is 0 Å². The van der Waals surface area contributed by atoms with Crippen LogP contribution in [0.15, 0.2) is 24.3 Å². The fourth-order valence-electron chi connectivity index (χ4n) is 2.77. The fraction of sp³-hybridized carbons (Fsp3) is 0.429. The van der Waals surface area contributed by atoms with Gasteiger partial charge in [-0.2, -0.15) is 5.32 Å². The first-order valence-corrected chi connectivity index (χ1v) is 6.63. The topological polar surface area (TPSA) is 63.5 Å². The molecule has 0 aromatic heterocycles. The van der Waals surface area contributed by atoms with Crippen molar-refractivity contribution >= 4 is 11.9 Å². The van der Waals surface area contributed by atoms with E-state index in [1.54, 1.807) is 12.1 Å². The first kappa shape index (κ1) is 13.1. The first-order valence-electron chi connectivity index (χ1n) is 6.63. The van der Waals surface area contributed by atoms with Crippen molar-refractivity contribution < 1.29 is 14.0 Å². The summed E-state index contributed by atoms with van der Waals surface area (Å²) in [6, 6.07) is 5.89. The lowest BCUT2D eigenvalue weighted by Crippen LogP contribution is -2.54. The van der Waals surface area contributed by atoms with Crippen molar-refractivity contribution in [2.45, 2.75) is 24.9 Å². The number of nitrogens with zero attached hydrogens (tertiary/aromatic N) is 2. The molecule has 2 fully saturated rings. The van der Waals surface area contributed by atoms with Gasteiger partial charge in [-0.15, -0.1) is 0 Å². The normalized spacial score (nSPS) is 21.9. The van der Waals surface area contributed by atoms with Crippen LogP contribution in [0.3, 0.4) is 0 Å².